The van der Waals surface area contributed by atoms with E-state index in [2.05, 4.69) is 0 Å². The lowest BCUT2D eigenvalue weighted by molar-refractivity contribution is -0.157. The average molecular weight is 448 g/mol. The van der Waals surface area contributed by atoms with E-state index in [0.29, 0.717) is 17.1 Å². The Bertz CT molecular complexity index is 905. The first kappa shape index (κ1) is 23.8. The van der Waals surface area contributed by atoms with Crippen molar-refractivity contribution >= 4 is 29.2 Å². The van der Waals surface area contributed by atoms with Crippen molar-refractivity contribution in [3.63, 3.8) is 0 Å². The summed E-state index contributed by atoms with van der Waals surface area (Å²) < 4.78 is 16.7. The van der Waals surface area contributed by atoms with Crippen LogP contribution in [0.15, 0.2) is 65.2 Å². The smallest absolute Gasteiger partial charge is 0.313 e. The minimum atomic E-state index is -1.11. The molecule has 158 valence electrons. The number of carbonyl (C=O) groups excluding carboxylic acids is 1. The lowest BCUT2D eigenvalue weighted by atomic mass is 9.90. The van der Waals surface area contributed by atoms with Gasteiger partial charge >= 0.3 is 5.97 Å². The van der Waals surface area contributed by atoms with E-state index in [0.717, 1.165) is 0 Å². The SMILES string of the molecule is COC(C=C(Cl)Cl)C(C(=O)OC(C#N)c1cccc(Oc2ccccc2)c1)C(C)C. The van der Waals surface area contributed by atoms with Gasteiger partial charge in [-0.2, -0.15) is 5.26 Å². The molecule has 0 saturated carbocycles. The van der Waals surface area contributed by atoms with Crippen LogP contribution in [0.4, 0.5) is 0 Å². The van der Waals surface area contributed by atoms with Gasteiger partial charge in [0.05, 0.1) is 12.0 Å². The molecule has 0 aromatic heterocycles. The molecule has 2 aromatic carbocycles. The first-order valence-corrected chi connectivity index (χ1v) is 10.1. The van der Waals surface area contributed by atoms with Crippen LogP contribution >= 0.6 is 23.2 Å². The summed E-state index contributed by atoms with van der Waals surface area (Å²) >= 11 is 11.5. The van der Waals surface area contributed by atoms with Gasteiger partial charge in [-0.25, -0.2) is 0 Å². The number of methoxy groups -OCH3 is 1. The van der Waals surface area contributed by atoms with Gasteiger partial charge in [-0.3, -0.25) is 4.79 Å². The second-order valence-electron chi connectivity index (χ2n) is 6.86. The molecular weight excluding hydrogens is 425 g/mol. The number of ether oxygens (including phenoxy) is 3. The summed E-state index contributed by atoms with van der Waals surface area (Å²) in [5.74, 6) is -0.223. The summed E-state index contributed by atoms with van der Waals surface area (Å²) in [7, 11) is 1.45. The lowest BCUT2D eigenvalue weighted by Crippen LogP contribution is -2.35. The average Bonchev–Trinajstić information content (AvgIpc) is 2.71. The zero-order chi connectivity index (χ0) is 22.1. The number of carbonyl (C=O) groups is 1. The first-order chi connectivity index (χ1) is 14.3. The monoisotopic (exact) mass is 447 g/mol. The predicted octanol–water partition coefficient (Wildman–Crippen LogP) is 6.19. The molecule has 0 amide bonds. The van der Waals surface area contributed by atoms with Gasteiger partial charge in [0.25, 0.3) is 0 Å². The van der Waals surface area contributed by atoms with Crippen LogP contribution in [0.25, 0.3) is 0 Å². The number of rotatable bonds is 9. The molecule has 0 saturated heterocycles. The number of benzene rings is 2. The Morgan fingerprint density at radius 1 is 1.07 bits per heavy atom. The Kier molecular flexibility index (Phi) is 9.19. The Hall–Kier alpha value is -2.52. The molecule has 2 rings (SSSR count). The quantitative estimate of drug-likeness (QED) is 0.428. The third-order valence-corrected chi connectivity index (χ3v) is 4.65. The van der Waals surface area contributed by atoms with Gasteiger partial charge in [-0.1, -0.05) is 67.4 Å². The van der Waals surface area contributed by atoms with E-state index in [1.165, 1.54) is 13.2 Å². The van der Waals surface area contributed by atoms with Crippen LogP contribution in [0.2, 0.25) is 0 Å². The van der Waals surface area contributed by atoms with Gasteiger partial charge in [0.15, 0.2) is 0 Å². The molecule has 0 aliphatic heterocycles. The zero-order valence-corrected chi connectivity index (χ0v) is 18.4. The maximum atomic E-state index is 12.9. The molecule has 30 heavy (non-hydrogen) atoms. The number of hydrogen-bond acceptors (Lipinski definition) is 5. The van der Waals surface area contributed by atoms with Crippen molar-refractivity contribution in [2.45, 2.75) is 26.1 Å². The van der Waals surface area contributed by atoms with E-state index >= 15 is 0 Å². The number of nitrogens with zero attached hydrogens (tertiary/aromatic N) is 1. The Balaban J connectivity index is 2.21. The maximum Gasteiger partial charge on any atom is 0.313 e. The molecule has 0 heterocycles. The third-order valence-electron chi connectivity index (χ3n) is 4.40. The number of esters is 1. The summed E-state index contributed by atoms with van der Waals surface area (Å²) in [5.41, 5.74) is 0.502. The molecular formula is C23H23Cl2NO4. The van der Waals surface area contributed by atoms with E-state index in [-0.39, 0.29) is 10.4 Å². The van der Waals surface area contributed by atoms with Crippen molar-refractivity contribution in [1.82, 2.24) is 0 Å². The van der Waals surface area contributed by atoms with E-state index < -0.39 is 24.1 Å². The number of halogens is 2. The molecule has 7 heteroatoms. The van der Waals surface area contributed by atoms with Crippen molar-refractivity contribution < 1.29 is 19.0 Å². The topological polar surface area (TPSA) is 68.5 Å². The van der Waals surface area contributed by atoms with Gasteiger partial charge in [-0.15, -0.1) is 0 Å². The fourth-order valence-electron chi connectivity index (χ4n) is 2.96. The van der Waals surface area contributed by atoms with Gasteiger partial charge in [0, 0.05) is 12.7 Å². The van der Waals surface area contributed by atoms with E-state index in [9.17, 15) is 10.1 Å². The van der Waals surface area contributed by atoms with Crippen molar-refractivity contribution in [2.75, 3.05) is 7.11 Å². The van der Waals surface area contributed by atoms with Gasteiger partial charge < -0.3 is 14.2 Å². The highest BCUT2D eigenvalue weighted by atomic mass is 35.5. The largest absolute Gasteiger partial charge is 0.457 e. The van der Waals surface area contributed by atoms with Crippen LogP contribution in [-0.2, 0) is 14.3 Å². The van der Waals surface area contributed by atoms with Crippen molar-refractivity contribution in [2.24, 2.45) is 11.8 Å². The molecule has 2 aromatic rings. The van der Waals surface area contributed by atoms with Crippen molar-refractivity contribution in [1.29, 1.82) is 5.26 Å². The minimum absolute atomic E-state index is 0.0112. The van der Waals surface area contributed by atoms with Crippen molar-refractivity contribution in [3.05, 3.63) is 70.7 Å². The maximum absolute atomic E-state index is 12.9. The van der Waals surface area contributed by atoms with Crippen molar-refractivity contribution in [3.8, 4) is 17.6 Å². The molecule has 0 bridgehead atoms. The molecule has 0 spiro atoms. The van der Waals surface area contributed by atoms with Gasteiger partial charge in [0.2, 0.25) is 6.10 Å². The summed E-state index contributed by atoms with van der Waals surface area (Å²) in [4.78, 5) is 12.9. The third kappa shape index (κ3) is 6.77. The second kappa shape index (κ2) is 11.6. The standard InChI is InChI=1S/C23H23Cl2NO4/c1-15(2)22(19(28-3)13-21(24)25)23(27)30-20(14-26)16-8-7-11-18(12-16)29-17-9-5-4-6-10-17/h4-13,15,19-20,22H,1-3H3. The molecule has 0 N–H and O–H groups in total. The highest BCUT2D eigenvalue weighted by Crippen LogP contribution is 2.29. The Morgan fingerprint density at radius 3 is 2.30 bits per heavy atom. The molecule has 0 aliphatic carbocycles. The van der Waals surface area contributed by atoms with Crippen LogP contribution in [0.3, 0.4) is 0 Å². The summed E-state index contributed by atoms with van der Waals surface area (Å²) in [6.45, 7) is 3.70. The summed E-state index contributed by atoms with van der Waals surface area (Å²) in [5, 5.41) is 9.62. The number of hydrogen-bond donors (Lipinski definition) is 0. The number of para-hydroxylation sites is 1. The van der Waals surface area contributed by atoms with Gasteiger partial charge in [0.1, 0.15) is 22.1 Å². The summed E-state index contributed by atoms with van der Waals surface area (Å²) in [6.07, 6.45) is -0.356. The first-order valence-electron chi connectivity index (χ1n) is 9.34. The fourth-order valence-corrected chi connectivity index (χ4v) is 3.21. The Labute approximate surface area is 186 Å². The van der Waals surface area contributed by atoms with E-state index in [4.69, 9.17) is 37.4 Å². The zero-order valence-electron chi connectivity index (χ0n) is 16.9. The fraction of sp³-hybridized carbons (Fsp3) is 0.304. The van der Waals surface area contributed by atoms with Crippen LogP contribution in [0.5, 0.6) is 11.5 Å². The number of nitriles is 1. The molecule has 3 unspecified atom stereocenters. The highest BCUT2D eigenvalue weighted by molar-refractivity contribution is 6.55. The predicted molar refractivity (Wildman–Crippen MR) is 116 cm³/mol. The van der Waals surface area contributed by atoms with Crippen LogP contribution in [0, 0.1) is 23.2 Å². The second-order valence-corrected chi connectivity index (χ2v) is 7.87. The van der Waals surface area contributed by atoms with Crippen LogP contribution < -0.4 is 4.74 Å². The molecule has 0 radical (unpaired) electrons. The minimum Gasteiger partial charge on any atom is -0.457 e. The van der Waals surface area contributed by atoms with Gasteiger partial charge in [-0.05, 0) is 36.3 Å². The summed E-state index contributed by atoms with van der Waals surface area (Å²) in [6, 6.07) is 18.1. The van der Waals surface area contributed by atoms with Crippen LogP contribution in [0.1, 0.15) is 25.5 Å². The highest BCUT2D eigenvalue weighted by Gasteiger charge is 2.33. The normalized spacial score (nSPS) is 13.6. The van der Waals surface area contributed by atoms with E-state index in [1.54, 1.807) is 24.3 Å². The molecule has 3 atom stereocenters. The Morgan fingerprint density at radius 2 is 1.73 bits per heavy atom. The molecule has 5 nitrogen and oxygen atoms in total. The lowest BCUT2D eigenvalue weighted by Gasteiger charge is -2.26. The van der Waals surface area contributed by atoms with Crippen LogP contribution in [-0.4, -0.2) is 19.2 Å². The molecule has 0 fully saturated rings. The molecule has 0 aliphatic rings. The van der Waals surface area contributed by atoms with E-state index in [1.807, 2.05) is 50.2 Å².